The van der Waals surface area contributed by atoms with E-state index in [2.05, 4.69) is 0 Å². The van der Waals surface area contributed by atoms with Crippen LogP contribution in [0.1, 0.15) is 49.3 Å². The second-order valence-corrected chi connectivity index (χ2v) is 5.31. The molecule has 2 unspecified atom stereocenters. The van der Waals surface area contributed by atoms with Crippen LogP contribution in [0.4, 0.5) is 17.6 Å². The van der Waals surface area contributed by atoms with E-state index >= 15 is 0 Å². The maximum absolute atomic E-state index is 13.0. The summed E-state index contributed by atoms with van der Waals surface area (Å²) in [7, 11) is 0. The molecule has 118 valence electrons. The van der Waals surface area contributed by atoms with E-state index in [-0.39, 0.29) is 18.1 Å². The van der Waals surface area contributed by atoms with Crippen molar-refractivity contribution >= 4 is 0 Å². The molecule has 0 aliphatic carbocycles. The summed E-state index contributed by atoms with van der Waals surface area (Å²) in [6.07, 6.45) is -2.32. The number of benzene rings is 1. The molecule has 2 atom stereocenters. The Morgan fingerprint density at radius 3 is 2.71 bits per heavy atom. The lowest BCUT2D eigenvalue weighted by atomic mass is 9.97. The van der Waals surface area contributed by atoms with Crippen LogP contribution in [0.3, 0.4) is 0 Å². The molecule has 0 aromatic heterocycles. The fourth-order valence-corrected chi connectivity index (χ4v) is 2.63. The Kier molecular flexibility index (Phi) is 5.22. The number of aliphatic hydroxyl groups excluding tert-OH is 1. The maximum Gasteiger partial charge on any atom is 0.416 e. The minimum Gasteiger partial charge on any atom is -0.388 e. The summed E-state index contributed by atoms with van der Waals surface area (Å²) in [6.45, 7) is 0.726. The highest BCUT2D eigenvalue weighted by Crippen LogP contribution is 2.36. The van der Waals surface area contributed by atoms with Crippen molar-refractivity contribution < 1.29 is 27.4 Å². The van der Waals surface area contributed by atoms with Crippen LogP contribution in [0, 0.1) is 5.82 Å². The Hall–Kier alpha value is -1.14. The van der Waals surface area contributed by atoms with E-state index in [1.807, 2.05) is 0 Å². The third kappa shape index (κ3) is 4.41. The van der Waals surface area contributed by atoms with Gasteiger partial charge in [-0.15, -0.1) is 0 Å². The number of hydrogen-bond donors (Lipinski definition) is 1. The zero-order chi connectivity index (χ0) is 15.5. The molecule has 2 nitrogen and oxygen atoms in total. The second-order valence-electron chi connectivity index (χ2n) is 5.31. The van der Waals surface area contributed by atoms with Gasteiger partial charge in [0.1, 0.15) is 5.82 Å². The molecule has 2 rings (SSSR count). The molecule has 0 amide bonds. The number of rotatable bonds is 5. The number of halogens is 4. The van der Waals surface area contributed by atoms with Crippen molar-refractivity contribution in [2.75, 3.05) is 6.61 Å². The number of aliphatic hydroxyl groups is 1. The van der Waals surface area contributed by atoms with Gasteiger partial charge in [0.05, 0.1) is 17.8 Å². The van der Waals surface area contributed by atoms with Crippen LogP contribution in [0.2, 0.25) is 0 Å². The largest absolute Gasteiger partial charge is 0.416 e. The minimum absolute atomic E-state index is 0.146. The van der Waals surface area contributed by atoms with E-state index in [0.717, 1.165) is 38.0 Å². The van der Waals surface area contributed by atoms with Crippen molar-refractivity contribution in [2.45, 2.75) is 50.5 Å². The molecule has 1 N–H and O–H groups in total. The maximum atomic E-state index is 13.0. The summed E-state index contributed by atoms with van der Waals surface area (Å²) in [5.41, 5.74) is -1.37. The Balaban J connectivity index is 1.99. The summed E-state index contributed by atoms with van der Waals surface area (Å²) >= 11 is 0. The van der Waals surface area contributed by atoms with Gasteiger partial charge < -0.3 is 9.84 Å². The number of ether oxygens (including phenoxy) is 1. The molecule has 1 aromatic rings. The van der Waals surface area contributed by atoms with Gasteiger partial charge in [-0.1, -0.05) is 6.07 Å². The Morgan fingerprint density at radius 2 is 2.10 bits per heavy atom. The van der Waals surface area contributed by atoms with Gasteiger partial charge in [-0.05, 0) is 49.8 Å². The van der Waals surface area contributed by atoms with Crippen LogP contribution in [0.15, 0.2) is 18.2 Å². The van der Waals surface area contributed by atoms with Crippen molar-refractivity contribution in [1.82, 2.24) is 0 Å². The smallest absolute Gasteiger partial charge is 0.388 e. The second kappa shape index (κ2) is 6.75. The number of hydrogen-bond acceptors (Lipinski definition) is 2. The van der Waals surface area contributed by atoms with Crippen LogP contribution in [-0.4, -0.2) is 17.8 Å². The quantitative estimate of drug-likeness (QED) is 0.825. The van der Waals surface area contributed by atoms with Crippen LogP contribution in [0.5, 0.6) is 0 Å². The normalized spacial score (nSPS) is 20.7. The standard InChI is InChI=1S/C15H18F4O2/c16-10-6-7-12(13(9-10)15(17,18)19)14(20)5-1-3-11-4-2-8-21-11/h6-7,9,11,14,20H,1-5,8H2. The molecule has 1 saturated heterocycles. The lowest BCUT2D eigenvalue weighted by molar-refractivity contribution is -0.139. The van der Waals surface area contributed by atoms with E-state index in [1.165, 1.54) is 0 Å². The monoisotopic (exact) mass is 306 g/mol. The molecule has 0 saturated carbocycles. The molecule has 1 fully saturated rings. The van der Waals surface area contributed by atoms with E-state index < -0.39 is 23.7 Å². The molecule has 1 heterocycles. The average Bonchev–Trinajstić information content (AvgIpc) is 2.90. The molecular formula is C15H18F4O2. The van der Waals surface area contributed by atoms with E-state index in [4.69, 9.17) is 4.74 Å². The van der Waals surface area contributed by atoms with Gasteiger partial charge in [-0.3, -0.25) is 0 Å². The van der Waals surface area contributed by atoms with Crippen LogP contribution in [-0.2, 0) is 10.9 Å². The van der Waals surface area contributed by atoms with Gasteiger partial charge in [-0.2, -0.15) is 13.2 Å². The molecule has 0 spiro atoms. The highest BCUT2D eigenvalue weighted by Gasteiger charge is 2.35. The summed E-state index contributed by atoms with van der Waals surface area (Å²) in [5.74, 6) is -0.961. The molecule has 1 aromatic carbocycles. The summed E-state index contributed by atoms with van der Waals surface area (Å²) in [6, 6.07) is 2.38. The van der Waals surface area contributed by atoms with Crippen molar-refractivity contribution in [2.24, 2.45) is 0 Å². The molecule has 6 heteroatoms. The lowest BCUT2D eigenvalue weighted by Gasteiger charge is -2.18. The topological polar surface area (TPSA) is 29.5 Å². The predicted octanol–water partition coefficient (Wildman–Crippen LogP) is 4.23. The van der Waals surface area contributed by atoms with Gasteiger partial charge in [0, 0.05) is 6.61 Å². The third-order valence-electron chi connectivity index (χ3n) is 3.71. The lowest BCUT2D eigenvalue weighted by Crippen LogP contribution is -2.13. The molecule has 1 aliphatic heterocycles. The fraction of sp³-hybridized carbons (Fsp3) is 0.600. The minimum atomic E-state index is -4.67. The SMILES string of the molecule is OC(CCCC1CCCO1)c1ccc(F)cc1C(F)(F)F. The van der Waals surface area contributed by atoms with Crippen molar-refractivity contribution in [3.8, 4) is 0 Å². The number of alkyl halides is 3. The zero-order valence-corrected chi connectivity index (χ0v) is 11.5. The van der Waals surface area contributed by atoms with Crippen LogP contribution < -0.4 is 0 Å². The fourth-order valence-electron chi connectivity index (χ4n) is 2.63. The predicted molar refractivity (Wildman–Crippen MR) is 69.2 cm³/mol. The first-order chi connectivity index (χ1) is 9.88. The average molecular weight is 306 g/mol. The highest BCUT2D eigenvalue weighted by atomic mass is 19.4. The van der Waals surface area contributed by atoms with Gasteiger partial charge >= 0.3 is 6.18 Å². The Bertz CT molecular complexity index is 467. The van der Waals surface area contributed by atoms with Gasteiger partial charge in [0.25, 0.3) is 0 Å². The molecule has 1 aliphatic rings. The molecule has 21 heavy (non-hydrogen) atoms. The van der Waals surface area contributed by atoms with Crippen molar-refractivity contribution in [3.05, 3.63) is 35.1 Å². The Labute approximate surface area is 120 Å². The van der Waals surface area contributed by atoms with Crippen LogP contribution in [0.25, 0.3) is 0 Å². The third-order valence-corrected chi connectivity index (χ3v) is 3.71. The first kappa shape index (κ1) is 16.2. The van der Waals surface area contributed by atoms with Crippen LogP contribution >= 0.6 is 0 Å². The Morgan fingerprint density at radius 1 is 1.33 bits per heavy atom. The highest BCUT2D eigenvalue weighted by molar-refractivity contribution is 5.32. The van der Waals surface area contributed by atoms with Gasteiger partial charge in [-0.25, -0.2) is 4.39 Å². The summed E-state index contributed by atoms with van der Waals surface area (Å²) < 4.78 is 57.0. The van der Waals surface area contributed by atoms with E-state index in [1.54, 1.807) is 0 Å². The molecule has 0 bridgehead atoms. The van der Waals surface area contributed by atoms with E-state index in [0.29, 0.717) is 12.5 Å². The molecular weight excluding hydrogens is 288 g/mol. The van der Waals surface area contributed by atoms with Crippen molar-refractivity contribution in [1.29, 1.82) is 0 Å². The zero-order valence-electron chi connectivity index (χ0n) is 11.5. The molecule has 0 radical (unpaired) electrons. The first-order valence-electron chi connectivity index (χ1n) is 7.04. The van der Waals surface area contributed by atoms with Gasteiger partial charge in [0.2, 0.25) is 0 Å². The van der Waals surface area contributed by atoms with Gasteiger partial charge in [0.15, 0.2) is 0 Å². The summed E-state index contributed by atoms with van der Waals surface area (Å²) in [4.78, 5) is 0. The van der Waals surface area contributed by atoms with Crippen molar-refractivity contribution in [3.63, 3.8) is 0 Å². The summed E-state index contributed by atoms with van der Waals surface area (Å²) in [5, 5.41) is 9.97. The van der Waals surface area contributed by atoms with E-state index in [9.17, 15) is 22.7 Å². The first-order valence-corrected chi connectivity index (χ1v) is 7.04.